The van der Waals surface area contributed by atoms with Gasteiger partial charge in [0.1, 0.15) is 11.6 Å². The number of aryl methyl sites for hydroxylation is 2. The van der Waals surface area contributed by atoms with Crippen LogP contribution in [0.4, 0.5) is 5.82 Å². The summed E-state index contributed by atoms with van der Waals surface area (Å²) in [7, 11) is 2.03. The fourth-order valence-electron chi connectivity index (χ4n) is 3.11. The Kier molecular flexibility index (Phi) is 5.38. The zero-order chi connectivity index (χ0) is 17.1. The summed E-state index contributed by atoms with van der Waals surface area (Å²) in [4.78, 5) is 15.9. The molecule has 0 amide bonds. The van der Waals surface area contributed by atoms with Crippen molar-refractivity contribution in [3.05, 3.63) is 28.8 Å². The van der Waals surface area contributed by atoms with Crippen LogP contribution >= 0.6 is 11.8 Å². The van der Waals surface area contributed by atoms with E-state index >= 15 is 0 Å². The van der Waals surface area contributed by atoms with Crippen molar-refractivity contribution >= 4 is 17.6 Å². The molecule has 1 aliphatic rings. The summed E-state index contributed by atoms with van der Waals surface area (Å²) in [5.41, 5.74) is 2.48. The van der Waals surface area contributed by atoms with Crippen LogP contribution in [0.5, 0.6) is 0 Å². The lowest BCUT2D eigenvalue weighted by atomic mass is 9.96. The van der Waals surface area contributed by atoms with Gasteiger partial charge in [-0.25, -0.2) is 9.97 Å². The first kappa shape index (κ1) is 17.2. The fourth-order valence-corrected chi connectivity index (χ4v) is 3.85. The Labute approximate surface area is 147 Å². The second-order valence-corrected chi connectivity index (χ2v) is 7.84. The second-order valence-electron chi connectivity index (χ2n) is 6.23. The average Bonchev–Trinajstić information content (AvgIpc) is 3.02. The summed E-state index contributed by atoms with van der Waals surface area (Å²) in [5.74, 6) is 4.28. The van der Waals surface area contributed by atoms with E-state index < -0.39 is 0 Å². The van der Waals surface area contributed by atoms with Crippen molar-refractivity contribution in [2.45, 2.75) is 58.2 Å². The van der Waals surface area contributed by atoms with E-state index in [0.29, 0.717) is 12.4 Å². The lowest BCUT2D eigenvalue weighted by Gasteiger charge is -2.24. The summed E-state index contributed by atoms with van der Waals surface area (Å²) >= 11 is 1.81. The van der Waals surface area contributed by atoms with Crippen molar-refractivity contribution in [3.63, 3.8) is 0 Å². The van der Waals surface area contributed by atoms with Gasteiger partial charge >= 0.3 is 0 Å². The molecule has 0 aromatic carbocycles. The van der Waals surface area contributed by atoms with E-state index in [9.17, 15) is 0 Å². The van der Waals surface area contributed by atoms with Gasteiger partial charge in [-0.2, -0.15) is 16.7 Å². The van der Waals surface area contributed by atoms with Gasteiger partial charge in [0.2, 0.25) is 5.89 Å². The third-order valence-electron chi connectivity index (χ3n) is 4.27. The van der Waals surface area contributed by atoms with Crippen molar-refractivity contribution in [1.29, 1.82) is 0 Å². The highest BCUT2D eigenvalue weighted by atomic mass is 32.2. The molecule has 7 heteroatoms. The number of hydrogen-bond acceptors (Lipinski definition) is 7. The highest BCUT2D eigenvalue weighted by Crippen LogP contribution is 2.29. The maximum Gasteiger partial charge on any atom is 0.246 e. The van der Waals surface area contributed by atoms with Gasteiger partial charge in [-0.1, -0.05) is 12.1 Å². The molecule has 0 saturated heterocycles. The normalized spacial score (nSPS) is 15.2. The SMILES string of the molecule is CCSC(C)c1noc(CN(C)c2nc(C)nc3c2CCCC3)n1. The first-order valence-electron chi connectivity index (χ1n) is 8.60. The minimum absolute atomic E-state index is 0.256. The van der Waals surface area contributed by atoms with Crippen molar-refractivity contribution in [2.24, 2.45) is 0 Å². The highest BCUT2D eigenvalue weighted by molar-refractivity contribution is 7.99. The summed E-state index contributed by atoms with van der Waals surface area (Å²) in [6.07, 6.45) is 4.52. The topological polar surface area (TPSA) is 67.9 Å². The van der Waals surface area contributed by atoms with E-state index in [1.165, 1.54) is 24.1 Å². The summed E-state index contributed by atoms with van der Waals surface area (Å²) < 4.78 is 5.44. The molecule has 24 heavy (non-hydrogen) atoms. The van der Waals surface area contributed by atoms with Crippen LogP contribution in [-0.2, 0) is 19.4 Å². The number of hydrogen-bond donors (Lipinski definition) is 0. The van der Waals surface area contributed by atoms with Crippen molar-refractivity contribution < 1.29 is 4.52 Å². The molecule has 6 nitrogen and oxygen atoms in total. The molecule has 0 spiro atoms. The minimum atomic E-state index is 0.256. The average molecular weight is 347 g/mol. The number of thioether (sulfide) groups is 1. The summed E-state index contributed by atoms with van der Waals surface area (Å²) in [6.45, 7) is 6.77. The monoisotopic (exact) mass is 347 g/mol. The van der Waals surface area contributed by atoms with E-state index in [4.69, 9.17) is 4.52 Å². The number of fused-ring (bicyclic) bond motifs is 1. The van der Waals surface area contributed by atoms with Crippen LogP contribution in [0.15, 0.2) is 4.52 Å². The number of anilines is 1. The predicted molar refractivity (Wildman–Crippen MR) is 96.4 cm³/mol. The lowest BCUT2D eigenvalue weighted by molar-refractivity contribution is 0.372. The van der Waals surface area contributed by atoms with Crippen LogP contribution in [-0.4, -0.2) is 32.9 Å². The Balaban J connectivity index is 1.78. The molecule has 0 aliphatic heterocycles. The van der Waals surface area contributed by atoms with Crippen LogP contribution in [0.3, 0.4) is 0 Å². The Morgan fingerprint density at radius 1 is 1.21 bits per heavy atom. The molecule has 2 heterocycles. The van der Waals surface area contributed by atoms with E-state index in [1.54, 1.807) is 0 Å². The molecule has 1 aliphatic carbocycles. The number of aromatic nitrogens is 4. The zero-order valence-corrected chi connectivity index (χ0v) is 15.7. The van der Waals surface area contributed by atoms with E-state index in [0.717, 1.165) is 36.1 Å². The van der Waals surface area contributed by atoms with Gasteiger partial charge in [-0.05, 0) is 45.3 Å². The maximum absolute atomic E-state index is 5.44. The summed E-state index contributed by atoms with van der Waals surface area (Å²) in [6, 6.07) is 0. The lowest BCUT2D eigenvalue weighted by Crippen LogP contribution is -2.23. The van der Waals surface area contributed by atoms with Gasteiger partial charge in [0, 0.05) is 18.3 Å². The molecule has 0 bridgehead atoms. The van der Waals surface area contributed by atoms with Gasteiger partial charge in [0.05, 0.1) is 11.8 Å². The van der Waals surface area contributed by atoms with Gasteiger partial charge in [0.15, 0.2) is 5.82 Å². The Morgan fingerprint density at radius 3 is 2.79 bits per heavy atom. The quantitative estimate of drug-likeness (QED) is 0.792. The van der Waals surface area contributed by atoms with Crippen LogP contribution in [0, 0.1) is 6.92 Å². The summed E-state index contributed by atoms with van der Waals surface area (Å²) in [5, 5.41) is 4.38. The molecule has 2 aromatic heterocycles. The van der Waals surface area contributed by atoms with Crippen LogP contribution in [0.2, 0.25) is 0 Å². The Hall–Kier alpha value is -1.63. The van der Waals surface area contributed by atoms with Crippen LogP contribution in [0.1, 0.15) is 60.7 Å². The fraction of sp³-hybridized carbons (Fsp3) is 0.647. The second kappa shape index (κ2) is 7.51. The minimum Gasteiger partial charge on any atom is -0.350 e. The Bertz CT molecular complexity index is 702. The zero-order valence-electron chi connectivity index (χ0n) is 14.9. The molecule has 0 radical (unpaired) electrons. The van der Waals surface area contributed by atoms with Crippen LogP contribution < -0.4 is 4.90 Å². The molecule has 0 N–H and O–H groups in total. The van der Waals surface area contributed by atoms with Crippen molar-refractivity contribution in [2.75, 3.05) is 17.7 Å². The maximum atomic E-state index is 5.44. The van der Waals surface area contributed by atoms with Crippen molar-refractivity contribution in [1.82, 2.24) is 20.1 Å². The Morgan fingerprint density at radius 2 is 2.00 bits per heavy atom. The largest absolute Gasteiger partial charge is 0.350 e. The van der Waals surface area contributed by atoms with Gasteiger partial charge in [-0.15, -0.1) is 0 Å². The molecule has 130 valence electrons. The molecule has 0 saturated carbocycles. The van der Waals surface area contributed by atoms with Gasteiger partial charge < -0.3 is 9.42 Å². The molecule has 1 unspecified atom stereocenters. The highest BCUT2D eigenvalue weighted by Gasteiger charge is 2.21. The number of rotatable bonds is 6. The van der Waals surface area contributed by atoms with E-state index in [1.807, 2.05) is 25.7 Å². The molecule has 1 atom stereocenters. The smallest absolute Gasteiger partial charge is 0.246 e. The molecular formula is C17H25N5OS. The van der Waals surface area contributed by atoms with E-state index in [-0.39, 0.29) is 5.25 Å². The molecule has 2 aromatic rings. The number of nitrogens with zero attached hydrogens (tertiary/aromatic N) is 5. The van der Waals surface area contributed by atoms with Crippen LogP contribution in [0.25, 0.3) is 0 Å². The first-order valence-corrected chi connectivity index (χ1v) is 9.65. The molecule has 0 fully saturated rings. The molecular weight excluding hydrogens is 322 g/mol. The van der Waals surface area contributed by atoms with Crippen molar-refractivity contribution in [3.8, 4) is 0 Å². The third kappa shape index (κ3) is 3.71. The third-order valence-corrected chi connectivity index (χ3v) is 5.32. The molecule has 3 rings (SSSR count). The van der Waals surface area contributed by atoms with Gasteiger partial charge in [0.25, 0.3) is 0 Å². The van der Waals surface area contributed by atoms with E-state index in [2.05, 4.69) is 38.9 Å². The van der Waals surface area contributed by atoms with Gasteiger partial charge in [-0.3, -0.25) is 0 Å². The standard InChI is InChI=1S/C17H25N5OS/c1-5-24-11(2)16-20-15(23-21-16)10-22(4)17-13-8-6-7-9-14(13)18-12(3)19-17/h11H,5-10H2,1-4H3. The first-order chi connectivity index (χ1) is 11.6. The predicted octanol–water partition coefficient (Wildman–Crippen LogP) is 3.50.